The number of carbonyl (C=O) groups is 2. The van der Waals surface area contributed by atoms with Gasteiger partial charge >= 0.3 is 0 Å². The van der Waals surface area contributed by atoms with Crippen molar-refractivity contribution in [1.82, 2.24) is 5.32 Å². The van der Waals surface area contributed by atoms with Gasteiger partial charge in [0.2, 0.25) is 0 Å². The molecular formula is C18H24ClN3O3. The lowest BCUT2D eigenvalue weighted by Crippen LogP contribution is -2.41. The number of furan rings is 1. The molecule has 0 bridgehead atoms. The molecular weight excluding hydrogens is 342 g/mol. The third-order valence-electron chi connectivity index (χ3n) is 3.50. The number of carbonyl (C=O) groups excluding carboxylic acids is 2. The van der Waals surface area contributed by atoms with E-state index >= 15 is 0 Å². The van der Waals surface area contributed by atoms with Gasteiger partial charge in [-0.1, -0.05) is 19.9 Å². The number of anilines is 1. The molecule has 25 heavy (non-hydrogen) atoms. The highest BCUT2D eigenvalue weighted by Gasteiger charge is 2.15. The highest BCUT2D eigenvalue weighted by atomic mass is 35.5. The number of hydrogen-bond acceptors (Lipinski definition) is 4. The molecule has 2 rings (SSSR count). The number of nitrogens with one attached hydrogen (secondary N) is 2. The zero-order valence-corrected chi connectivity index (χ0v) is 15.1. The molecule has 2 aromatic rings. The summed E-state index contributed by atoms with van der Waals surface area (Å²) in [6, 6.07) is 9.89. The Balaban J connectivity index is 0.00000312. The Morgan fingerprint density at radius 1 is 1.16 bits per heavy atom. The molecule has 4 N–H and O–H groups in total. The predicted molar refractivity (Wildman–Crippen MR) is 100 cm³/mol. The van der Waals surface area contributed by atoms with Crippen molar-refractivity contribution < 1.29 is 14.0 Å². The van der Waals surface area contributed by atoms with Gasteiger partial charge in [0.25, 0.3) is 11.8 Å². The zero-order chi connectivity index (χ0) is 17.5. The van der Waals surface area contributed by atoms with E-state index in [1.165, 1.54) is 6.26 Å². The molecule has 1 aromatic carbocycles. The standard InChI is InChI=1S/C18H23N3O3.ClH/c1-12(2)9-15(11-19)21-17(22)13-5-3-6-14(10-13)20-18(23)16-7-4-8-24-16;/h3-8,10,12,15H,9,11,19H2,1-2H3,(H,20,23)(H,21,22);1H. The first-order valence-corrected chi connectivity index (χ1v) is 7.95. The number of amides is 2. The zero-order valence-electron chi connectivity index (χ0n) is 14.3. The van der Waals surface area contributed by atoms with Crippen molar-refractivity contribution in [3.8, 4) is 0 Å². The average molecular weight is 366 g/mol. The van der Waals surface area contributed by atoms with E-state index in [-0.39, 0.29) is 36.0 Å². The highest BCUT2D eigenvalue weighted by molar-refractivity contribution is 6.03. The molecule has 1 atom stereocenters. The first-order valence-electron chi connectivity index (χ1n) is 7.95. The van der Waals surface area contributed by atoms with Gasteiger partial charge in [-0.25, -0.2) is 0 Å². The molecule has 0 fully saturated rings. The summed E-state index contributed by atoms with van der Waals surface area (Å²) in [5.74, 6) is 0.0835. The minimum Gasteiger partial charge on any atom is -0.459 e. The van der Waals surface area contributed by atoms with E-state index < -0.39 is 0 Å². The van der Waals surface area contributed by atoms with Crippen LogP contribution in [0.5, 0.6) is 0 Å². The number of rotatable bonds is 7. The summed E-state index contributed by atoms with van der Waals surface area (Å²) >= 11 is 0. The Bertz CT molecular complexity index is 687. The maximum Gasteiger partial charge on any atom is 0.291 e. The van der Waals surface area contributed by atoms with Gasteiger partial charge in [-0.3, -0.25) is 9.59 Å². The average Bonchev–Trinajstić information content (AvgIpc) is 3.08. The quantitative estimate of drug-likeness (QED) is 0.702. The molecule has 0 radical (unpaired) electrons. The van der Waals surface area contributed by atoms with Crippen LogP contribution in [0.4, 0.5) is 5.69 Å². The number of halogens is 1. The van der Waals surface area contributed by atoms with E-state index in [9.17, 15) is 9.59 Å². The van der Waals surface area contributed by atoms with E-state index in [2.05, 4.69) is 24.5 Å². The molecule has 0 aliphatic carbocycles. The van der Waals surface area contributed by atoms with E-state index in [1.54, 1.807) is 36.4 Å². The Morgan fingerprint density at radius 2 is 1.92 bits per heavy atom. The van der Waals surface area contributed by atoms with Crippen LogP contribution in [0.3, 0.4) is 0 Å². The fraction of sp³-hybridized carbons (Fsp3) is 0.333. The molecule has 0 aliphatic heterocycles. The molecule has 6 nitrogen and oxygen atoms in total. The van der Waals surface area contributed by atoms with Crippen LogP contribution in [0.15, 0.2) is 47.1 Å². The Labute approximate surface area is 153 Å². The SMILES string of the molecule is CC(C)CC(CN)NC(=O)c1cccc(NC(=O)c2ccco2)c1.Cl. The minimum atomic E-state index is -0.364. The van der Waals surface area contributed by atoms with Gasteiger partial charge in [-0.15, -0.1) is 12.4 Å². The fourth-order valence-corrected chi connectivity index (χ4v) is 2.39. The minimum absolute atomic E-state index is 0. The summed E-state index contributed by atoms with van der Waals surface area (Å²) in [7, 11) is 0. The normalized spacial score (nSPS) is 11.5. The summed E-state index contributed by atoms with van der Waals surface area (Å²) in [6.45, 7) is 4.55. The van der Waals surface area contributed by atoms with Crippen molar-refractivity contribution in [1.29, 1.82) is 0 Å². The summed E-state index contributed by atoms with van der Waals surface area (Å²) in [6.07, 6.45) is 2.25. The second-order valence-electron chi connectivity index (χ2n) is 6.05. The van der Waals surface area contributed by atoms with Gasteiger partial charge in [-0.2, -0.15) is 0 Å². The van der Waals surface area contributed by atoms with Crippen molar-refractivity contribution in [2.24, 2.45) is 11.7 Å². The second kappa shape index (κ2) is 9.86. The van der Waals surface area contributed by atoms with Crippen LogP contribution >= 0.6 is 12.4 Å². The third-order valence-corrected chi connectivity index (χ3v) is 3.50. The summed E-state index contributed by atoms with van der Waals surface area (Å²) in [5, 5.41) is 5.63. The fourth-order valence-electron chi connectivity index (χ4n) is 2.39. The Morgan fingerprint density at radius 3 is 2.52 bits per heavy atom. The van der Waals surface area contributed by atoms with Crippen molar-refractivity contribution >= 4 is 29.9 Å². The first-order chi connectivity index (χ1) is 11.5. The predicted octanol–water partition coefficient (Wildman–Crippen LogP) is 3.06. The molecule has 1 unspecified atom stereocenters. The number of hydrogen-bond donors (Lipinski definition) is 3. The molecule has 0 spiro atoms. The van der Waals surface area contributed by atoms with E-state index in [1.807, 2.05) is 0 Å². The molecule has 136 valence electrons. The number of benzene rings is 1. The Hall–Kier alpha value is -2.31. The van der Waals surface area contributed by atoms with Crippen LogP contribution in [-0.2, 0) is 0 Å². The monoisotopic (exact) mass is 365 g/mol. The molecule has 0 aliphatic rings. The molecule has 0 saturated carbocycles. The van der Waals surface area contributed by atoms with E-state index in [0.29, 0.717) is 23.7 Å². The van der Waals surface area contributed by atoms with E-state index in [0.717, 1.165) is 6.42 Å². The highest BCUT2D eigenvalue weighted by Crippen LogP contribution is 2.13. The first kappa shape index (κ1) is 20.7. The van der Waals surface area contributed by atoms with Gasteiger partial charge < -0.3 is 20.8 Å². The topological polar surface area (TPSA) is 97.4 Å². The van der Waals surface area contributed by atoms with Crippen LogP contribution in [0.25, 0.3) is 0 Å². The second-order valence-corrected chi connectivity index (χ2v) is 6.05. The van der Waals surface area contributed by atoms with E-state index in [4.69, 9.17) is 10.2 Å². The smallest absolute Gasteiger partial charge is 0.291 e. The lowest BCUT2D eigenvalue weighted by atomic mass is 10.0. The van der Waals surface area contributed by atoms with Gasteiger partial charge in [0.05, 0.1) is 6.26 Å². The maximum atomic E-state index is 12.4. The van der Waals surface area contributed by atoms with Gasteiger partial charge in [0.1, 0.15) is 0 Å². The van der Waals surface area contributed by atoms with Crippen LogP contribution in [-0.4, -0.2) is 24.4 Å². The number of nitrogens with two attached hydrogens (primary N) is 1. The molecule has 7 heteroatoms. The summed E-state index contributed by atoms with van der Waals surface area (Å²) in [5.41, 5.74) is 6.71. The molecule has 1 heterocycles. The van der Waals surface area contributed by atoms with Crippen LogP contribution in [0.1, 0.15) is 41.2 Å². The largest absolute Gasteiger partial charge is 0.459 e. The van der Waals surface area contributed by atoms with Crippen molar-refractivity contribution in [2.45, 2.75) is 26.3 Å². The lowest BCUT2D eigenvalue weighted by molar-refractivity contribution is 0.0932. The van der Waals surface area contributed by atoms with Crippen molar-refractivity contribution in [3.63, 3.8) is 0 Å². The van der Waals surface area contributed by atoms with Gasteiger partial charge in [-0.05, 0) is 42.7 Å². The summed E-state index contributed by atoms with van der Waals surface area (Å²) in [4.78, 5) is 24.3. The maximum absolute atomic E-state index is 12.4. The third kappa shape index (κ3) is 6.25. The van der Waals surface area contributed by atoms with Gasteiger partial charge in [0, 0.05) is 23.8 Å². The van der Waals surface area contributed by atoms with Crippen molar-refractivity contribution in [2.75, 3.05) is 11.9 Å². The molecule has 0 saturated heterocycles. The molecule has 1 aromatic heterocycles. The van der Waals surface area contributed by atoms with Crippen LogP contribution in [0, 0.1) is 5.92 Å². The van der Waals surface area contributed by atoms with Crippen molar-refractivity contribution in [3.05, 3.63) is 54.0 Å². The molecule has 2 amide bonds. The van der Waals surface area contributed by atoms with Crippen LogP contribution < -0.4 is 16.4 Å². The summed E-state index contributed by atoms with van der Waals surface area (Å²) < 4.78 is 5.04. The van der Waals surface area contributed by atoms with Crippen LogP contribution in [0.2, 0.25) is 0 Å². The Kier molecular flexibility index (Phi) is 8.18. The van der Waals surface area contributed by atoms with Gasteiger partial charge in [0.15, 0.2) is 5.76 Å². The lowest BCUT2D eigenvalue weighted by Gasteiger charge is -2.19.